The van der Waals surface area contributed by atoms with Crippen molar-refractivity contribution < 1.29 is 9.59 Å². The first kappa shape index (κ1) is 16.6. The van der Waals surface area contributed by atoms with Crippen molar-refractivity contribution in [2.45, 2.75) is 56.4 Å². The average Bonchev–Trinajstić information content (AvgIpc) is 3.40. The minimum absolute atomic E-state index is 0.124. The molecule has 0 heterocycles. The number of primary amides is 1. The number of hydrogen-bond acceptors (Lipinski definition) is 2. The fourth-order valence-corrected chi connectivity index (χ4v) is 6.52. The van der Waals surface area contributed by atoms with Crippen LogP contribution in [0.25, 0.3) is 0 Å². The number of halogens is 1. The molecule has 0 spiro atoms. The van der Waals surface area contributed by atoms with Crippen LogP contribution < -0.4 is 11.1 Å². The van der Waals surface area contributed by atoms with Crippen LogP contribution in [0, 0.1) is 23.2 Å². The maximum absolute atomic E-state index is 13.2. The molecule has 5 aliphatic carbocycles. The predicted molar refractivity (Wildman–Crippen MR) is 99.5 cm³/mol. The summed E-state index contributed by atoms with van der Waals surface area (Å²) in [5.41, 5.74) is 6.16. The first-order chi connectivity index (χ1) is 12.4. The highest BCUT2D eigenvalue weighted by Crippen LogP contribution is 2.60. The van der Waals surface area contributed by atoms with E-state index < -0.39 is 0 Å². The predicted octanol–water partition coefficient (Wildman–Crippen LogP) is 3.17. The topological polar surface area (TPSA) is 72.2 Å². The molecule has 3 unspecified atom stereocenters. The van der Waals surface area contributed by atoms with Gasteiger partial charge in [0.2, 0.25) is 11.8 Å². The molecule has 3 N–H and O–H groups in total. The largest absolute Gasteiger partial charge is 0.369 e. The molecule has 0 radical (unpaired) electrons. The lowest BCUT2D eigenvalue weighted by Gasteiger charge is -2.59. The highest BCUT2D eigenvalue weighted by molar-refractivity contribution is 6.30. The van der Waals surface area contributed by atoms with Gasteiger partial charge >= 0.3 is 0 Å². The lowest BCUT2D eigenvalue weighted by molar-refractivity contribution is -0.147. The third-order valence-corrected chi connectivity index (χ3v) is 7.93. The second-order valence-electron chi connectivity index (χ2n) is 9.20. The third-order valence-electron chi connectivity index (χ3n) is 7.68. The lowest BCUT2D eigenvalue weighted by atomic mass is 9.47. The van der Waals surface area contributed by atoms with E-state index in [-0.39, 0.29) is 28.7 Å². The summed E-state index contributed by atoms with van der Waals surface area (Å²) in [6, 6.07) is 7.89. The van der Waals surface area contributed by atoms with Crippen LogP contribution in [0.2, 0.25) is 5.02 Å². The molecule has 0 saturated heterocycles. The van der Waals surface area contributed by atoms with Crippen LogP contribution >= 0.6 is 11.6 Å². The average molecular weight is 373 g/mol. The van der Waals surface area contributed by atoms with E-state index in [9.17, 15) is 9.59 Å². The van der Waals surface area contributed by atoms with Gasteiger partial charge in [0.05, 0.1) is 5.41 Å². The smallest absolute Gasteiger partial charge is 0.230 e. The van der Waals surface area contributed by atoms with Crippen molar-refractivity contribution in [1.29, 1.82) is 0 Å². The highest BCUT2D eigenvalue weighted by atomic mass is 35.5. The van der Waals surface area contributed by atoms with Crippen LogP contribution in [0.1, 0.15) is 50.5 Å². The summed E-state index contributed by atoms with van der Waals surface area (Å²) >= 11 is 6.00. The molecule has 4 bridgehead atoms. The monoisotopic (exact) mass is 372 g/mol. The molecule has 1 aromatic carbocycles. The molecule has 4 nitrogen and oxygen atoms in total. The van der Waals surface area contributed by atoms with Crippen LogP contribution in [-0.4, -0.2) is 17.9 Å². The van der Waals surface area contributed by atoms with Crippen LogP contribution in [0.4, 0.5) is 0 Å². The Balaban J connectivity index is 1.35. The van der Waals surface area contributed by atoms with Crippen LogP contribution in [0.15, 0.2) is 24.3 Å². The fraction of sp³-hybridized carbons (Fsp3) is 0.619. The first-order valence-corrected chi connectivity index (χ1v) is 10.2. The number of amides is 2. The molecule has 0 aliphatic heterocycles. The molecule has 6 rings (SSSR count). The standard InChI is InChI=1S/C21H25ClN2O2/c22-16-3-1-15(2-4-16)21(5-6-21)19(26)24-17-13-7-12-8-14(17)11-20(9-12,10-13)18(23)25/h1-4,12-14,17H,5-11H2,(H2,23,25)(H,24,26)/t12?,13-,14+,17?,20?. The Bertz CT molecular complexity index is 755. The quantitative estimate of drug-likeness (QED) is 0.852. The van der Waals surface area contributed by atoms with Gasteiger partial charge in [-0.25, -0.2) is 0 Å². The Morgan fingerprint density at radius 2 is 1.65 bits per heavy atom. The molecule has 26 heavy (non-hydrogen) atoms. The Hall–Kier alpha value is -1.55. The number of nitrogens with two attached hydrogens (primary N) is 1. The van der Waals surface area contributed by atoms with Gasteiger partial charge in [-0.05, 0) is 80.4 Å². The summed E-state index contributed by atoms with van der Waals surface area (Å²) in [4.78, 5) is 25.3. The van der Waals surface area contributed by atoms with Gasteiger partial charge in [-0.15, -0.1) is 0 Å². The summed E-state index contributed by atoms with van der Waals surface area (Å²) < 4.78 is 0. The van der Waals surface area contributed by atoms with Gasteiger partial charge in [0.25, 0.3) is 0 Å². The van der Waals surface area contributed by atoms with Crippen molar-refractivity contribution in [3.63, 3.8) is 0 Å². The van der Waals surface area contributed by atoms with Crippen molar-refractivity contribution in [2.75, 3.05) is 0 Å². The molecular weight excluding hydrogens is 348 g/mol. The summed E-state index contributed by atoms with van der Waals surface area (Å²) in [6.07, 6.45) is 6.73. The van der Waals surface area contributed by atoms with Crippen LogP contribution in [-0.2, 0) is 15.0 Å². The van der Waals surface area contributed by atoms with Gasteiger partial charge in [0, 0.05) is 16.5 Å². The number of hydrogen-bond donors (Lipinski definition) is 2. The van der Waals surface area contributed by atoms with Gasteiger partial charge in [-0.1, -0.05) is 23.7 Å². The zero-order valence-corrected chi connectivity index (χ0v) is 15.6. The Morgan fingerprint density at radius 3 is 2.19 bits per heavy atom. The normalized spacial score (nSPS) is 38.8. The second kappa shape index (κ2) is 5.48. The SMILES string of the molecule is NC(=O)C12CC3C[C@H](C1)C(NC(=O)C1(c4ccc(Cl)cc4)CC1)[C@@H](C3)C2. The van der Waals surface area contributed by atoms with Crippen molar-refractivity contribution in [1.82, 2.24) is 5.32 Å². The Morgan fingerprint density at radius 1 is 1.04 bits per heavy atom. The molecule has 5 saturated carbocycles. The lowest BCUT2D eigenvalue weighted by Crippen LogP contribution is -2.62. The molecule has 5 heteroatoms. The van der Waals surface area contributed by atoms with Gasteiger partial charge in [-0.3, -0.25) is 9.59 Å². The van der Waals surface area contributed by atoms with Gasteiger partial charge in [0.15, 0.2) is 0 Å². The number of carbonyl (C=O) groups excluding carboxylic acids is 2. The summed E-state index contributed by atoms with van der Waals surface area (Å²) in [7, 11) is 0. The highest BCUT2D eigenvalue weighted by Gasteiger charge is 2.59. The number of carbonyl (C=O) groups is 2. The third kappa shape index (κ3) is 2.34. The zero-order chi connectivity index (χ0) is 18.1. The zero-order valence-electron chi connectivity index (χ0n) is 14.8. The van der Waals surface area contributed by atoms with Crippen molar-refractivity contribution in [3.8, 4) is 0 Å². The van der Waals surface area contributed by atoms with Gasteiger partial charge in [0.1, 0.15) is 0 Å². The van der Waals surface area contributed by atoms with Gasteiger partial charge in [-0.2, -0.15) is 0 Å². The van der Waals surface area contributed by atoms with Crippen molar-refractivity contribution in [2.24, 2.45) is 28.9 Å². The van der Waals surface area contributed by atoms with E-state index in [2.05, 4.69) is 5.32 Å². The Kier molecular flexibility index (Phi) is 3.50. The minimum Gasteiger partial charge on any atom is -0.369 e. The molecule has 5 atom stereocenters. The molecule has 1 aromatic rings. The van der Waals surface area contributed by atoms with Crippen molar-refractivity contribution in [3.05, 3.63) is 34.9 Å². The maximum Gasteiger partial charge on any atom is 0.230 e. The van der Waals surface area contributed by atoms with Crippen molar-refractivity contribution >= 4 is 23.4 Å². The summed E-state index contributed by atoms with van der Waals surface area (Å²) in [6.45, 7) is 0. The van der Waals surface area contributed by atoms with E-state index in [1.807, 2.05) is 24.3 Å². The summed E-state index contributed by atoms with van der Waals surface area (Å²) in [5.74, 6) is 1.45. The van der Waals surface area contributed by atoms with E-state index in [0.717, 1.165) is 50.5 Å². The van der Waals surface area contributed by atoms with E-state index >= 15 is 0 Å². The number of rotatable bonds is 4. The van der Waals surface area contributed by atoms with E-state index in [1.54, 1.807) is 0 Å². The van der Waals surface area contributed by atoms with E-state index in [4.69, 9.17) is 17.3 Å². The molecule has 138 valence electrons. The summed E-state index contributed by atoms with van der Waals surface area (Å²) in [5, 5.41) is 4.11. The fourth-order valence-electron chi connectivity index (χ4n) is 6.39. The first-order valence-electron chi connectivity index (χ1n) is 9.79. The number of benzene rings is 1. The molecule has 5 fully saturated rings. The number of nitrogens with one attached hydrogen (secondary N) is 1. The van der Waals surface area contributed by atoms with Gasteiger partial charge < -0.3 is 11.1 Å². The molecule has 0 aromatic heterocycles. The molecule has 5 aliphatic rings. The molecular formula is C21H25ClN2O2. The minimum atomic E-state index is -0.374. The maximum atomic E-state index is 13.2. The van der Waals surface area contributed by atoms with Crippen LogP contribution in [0.3, 0.4) is 0 Å². The van der Waals surface area contributed by atoms with E-state index in [1.165, 1.54) is 0 Å². The Labute approximate surface area is 158 Å². The van der Waals surface area contributed by atoms with Crippen LogP contribution in [0.5, 0.6) is 0 Å². The molecule has 2 amide bonds. The second-order valence-corrected chi connectivity index (χ2v) is 9.64. The van der Waals surface area contributed by atoms with E-state index in [0.29, 0.717) is 22.8 Å².